The zero-order valence-electron chi connectivity index (χ0n) is 14.2. The van der Waals surface area contributed by atoms with Gasteiger partial charge in [-0.2, -0.15) is 0 Å². The molecule has 4 nitrogen and oxygen atoms in total. The number of anilines is 1. The average Bonchev–Trinajstić information content (AvgIpc) is 2.51. The van der Waals surface area contributed by atoms with E-state index >= 15 is 0 Å². The third-order valence-electron chi connectivity index (χ3n) is 3.90. The normalized spacial score (nSPS) is 10.3. The SMILES string of the molecule is Cc1ccc(NC(=O)NCCOc2ccc(C)c(C)c2)cc1C. The van der Waals surface area contributed by atoms with E-state index in [9.17, 15) is 4.79 Å². The third kappa shape index (κ3) is 5.02. The van der Waals surface area contributed by atoms with Crippen molar-refractivity contribution in [1.82, 2.24) is 5.32 Å². The van der Waals surface area contributed by atoms with Crippen molar-refractivity contribution in [3.63, 3.8) is 0 Å². The van der Waals surface area contributed by atoms with Crippen molar-refractivity contribution in [2.45, 2.75) is 27.7 Å². The second-order valence-electron chi connectivity index (χ2n) is 5.77. The summed E-state index contributed by atoms with van der Waals surface area (Å²) in [5.74, 6) is 0.824. The van der Waals surface area contributed by atoms with Gasteiger partial charge in [-0.15, -0.1) is 0 Å². The Morgan fingerprint density at radius 1 is 0.913 bits per heavy atom. The molecule has 0 atom stereocenters. The third-order valence-corrected chi connectivity index (χ3v) is 3.90. The quantitative estimate of drug-likeness (QED) is 0.816. The Morgan fingerprint density at radius 3 is 2.22 bits per heavy atom. The summed E-state index contributed by atoms with van der Waals surface area (Å²) in [6.45, 7) is 9.07. The molecule has 2 rings (SSSR count). The van der Waals surface area contributed by atoms with E-state index in [2.05, 4.69) is 24.5 Å². The van der Waals surface area contributed by atoms with Gasteiger partial charge in [0.05, 0.1) is 6.54 Å². The van der Waals surface area contributed by atoms with Crippen LogP contribution in [0.4, 0.5) is 10.5 Å². The summed E-state index contributed by atoms with van der Waals surface area (Å²) in [5.41, 5.74) is 5.59. The second kappa shape index (κ2) is 7.68. The van der Waals surface area contributed by atoms with Crippen LogP contribution >= 0.6 is 0 Å². The van der Waals surface area contributed by atoms with E-state index in [1.54, 1.807) is 0 Å². The fourth-order valence-corrected chi connectivity index (χ4v) is 2.13. The van der Waals surface area contributed by atoms with E-state index in [1.807, 2.05) is 50.2 Å². The summed E-state index contributed by atoms with van der Waals surface area (Å²) in [6, 6.07) is 11.6. The molecule has 0 fully saturated rings. The number of carbonyl (C=O) groups excluding carboxylic acids is 1. The summed E-state index contributed by atoms with van der Waals surface area (Å²) in [7, 11) is 0. The molecule has 122 valence electrons. The largest absolute Gasteiger partial charge is 0.492 e. The molecule has 0 aliphatic rings. The van der Waals surface area contributed by atoms with Gasteiger partial charge in [-0.05, 0) is 74.2 Å². The number of aryl methyl sites for hydroxylation is 4. The molecule has 2 N–H and O–H groups in total. The predicted molar refractivity (Wildman–Crippen MR) is 94.3 cm³/mol. The van der Waals surface area contributed by atoms with Gasteiger partial charge in [0.25, 0.3) is 0 Å². The first kappa shape index (κ1) is 16.9. The first-order chi connectivity index (χ1) is 11.0. The Hall–Kier alpha value is -2.49. The molecule has 0 unspecified atom stereocenters. The van der Waals surface area contributed by atoms with Gasteiger partial charge in [0.2, 0.25) is 0 Å². The Labute approximate surface area is 137 Å². The van der Waals surface area contributed by atoms with Crippen LogP contribution in [0, 0.1) is 27.7 Å². The summed E-state index contributed by atoms with van der Waals surface area (Å²) in [6.07, 6.45) is 0. The van der Waals surface area contributed by atoms with E-state index in [1.165, 1.54) is 16.7 Å². The van der Waals surface area contributed by atoms with Crippen LogP contribution < -0.4 is 15.4 Å². The molecule has 4 heteroatoms. The summed E-state index contributed by atoms with van der Waals surface area (Å²) in [5, 5.41) is 5.61. The Morgan fingerprint density at radius 2 is 1.57 bits per heavy atom. The highest BCUT2D eigenvalue weighted by molar-refractivity contribution is 5.89. The van der Waals surface area contributed by atoms with E-state index in [4.69, 9.17) is 4.74 Å². The van der Waals surface area contributed by atoms with E-state index < -0.39 is 0 Å². The molecule has 0 saturated heterocycles. The maximum Gasteiger partial charge on any atom is 0.319 e. The van der Waals surface area contributed by atoms with Gasteiger partial charge >= 0.3 is 6.03 Å². The Kier molecular flexibility index (Phi) is 5.63. The van der Waals surface area contributed by atoms with Gasteiger partial charge in [0, 0.05) is 5.69 Å². The highest BCUT2D eigenvalue weighted by Gasteiger charge is 2.03. The van der Waals surface area contributed by atoms with E-state index in [0.29, 0.717) is 13.2 Å². The molecular formula is C19H24N2O2. The standard InChI is InChI=1S/C19H24N2O2/c1-13-5-7-17(11-15(13)3)21-19(22)20-9-10-23-18-8-6-14(2)16(4)12-18/h5-8,11-12H,9-10H2,1-4H3,(H2,20,21,22). The zero-order valence-corrected chi connectivity index (χ0v) is 14.2. The van der Waals surface area contributed by atoms with Crippen LogP contribution in [0.5, 0.6) is 5.75 Å². The monoisotopic (exact) mass is 312 g/mol. The highest BCUT2D eigenvalue weighted by Crippen LogP contribution is 2.16. The van der Waals surface area contributed by atoms with E-state index in [0.717, 1.165) is 17.0 Å². The number of benzene rings is 2. The van der Waals surface area contributed by atoms with Crippen LogP contribution in [0.3, 0.4) is 0 Å². The van der Waals surface area contributed by atoms with Crippen LogP contribution in [-0.2, 0) is 0 Å². The molecule has 2 aromatic carbocycles. The van der Waals surface area contributed by atoms with Gasteiger partial charge < -0.3 is 15.4 Å². The number of hydrogen-bond donors (Lipinski definition) is 2. The molecule has 2 aromatic rings. The van der Waals surface area contributed by atoms with Gasteiger partial charge in [0.1, 0.15) is 12.4 Å². The number of rotatable bonds is 5. The van der Waals surface area contributed by atoms with Crippen LogP contribution in [0.15, 0.2) is 36.4 Å². The average molecular weight is 312 g/mol. The second-order valence-corrected chi connectivity index (χ2v) is 5.77. The molecule has 0 heterocycles. The minimum Gasteiger partial charge on any atom is -0.492 e. The van der Waals surface area contributed by atoms with Crippen molar-refractivity contribution in [3.05, 3.63) is 58.7 Å². The number of nitrogens with one attached hydrogen (secondary N) is 2. The molecule has 0 saturated carbocycles. The Bertz CT molecular complexity index is 696. The molecule has 0 bridgehead atoms. The summed E-state index contributed by atoms with van der Waals surface area (Å²) >= 11 is 0. The van der Waals surface area contributed by atoms with Crippen molar-refractivity contribution in [2.75, 3.05) is 18.5 Å². The fraction of sp³-hybridized carbons (Fsp3) is 0.316. The minimum atomic E-state index is -0.225. The zero-order chi connectivity index (χ0) is 16.8. The number of carbonyl (C=O) groups is 1. The van der Waals surface area contributed by atoms with Crippen molar-refractivity contribution in [3.8, 4) is 5.75 Å². The molecule has 0 aromatic heterocycles. The fourth-order valence-electron chi connectivity index (χ4n) is 2.13. The topological polar surface area (TPSA) is 50.4 Å². The Balaban J connectivity index is 1.74. The lowest BCUT2D eigenvalue weighted by molar-refractivity contribution is 0.247. The number of hydrogen-bond acceptors (Lipinski definition) is 2. The number of ether oxygens (including phenoxy) is 1. The van der Waals surface area contributed by atoms with Crippen molar-refractivity contribution >= 4 is 11.7 Å². The maximum absolute atomic E-state index is 11.8. The van der Waals surface area contributed by atoms with Crippen LogP contribution in [0.2, 0.25) is 0 Å². The molecule has 0 radical (unpaired) electrons. The molecule has 2 amide bonds. The first-order valence-electron chi connectivity index (χ1n) is 7.78. The maximum atomic E-state index is 11.8. The van der Waals surface area contributed by atoms with Gasteiger partial charge in [-0.1, -0.05) is 12.1 Å². The van der Waals surface area contributed by atoms with Gasteiger partial charge in [0.15, 0.2) is 0 Å². The summed E-state index contributed by atoms with van der Waals surface area (Å²) in [4.78, 5) is 11.8. The van der Waals surface area contributed by atoms with Crippen molar-refractivity contribution in [1.29, 1.82) is 0 Å². The number of urea groups is 1. The van der Waals surface area contributed by atoms with E-state index in [-0.39, 0.29) is 6.03 Å². The lowest BCUT2D eigenvalue weighted by Crippen LogP contribution is -2.32. The smallest absolute Gasteiger partial charge is 0.319 e. The van der Waals surface area contributed by atoms with Crippen molar-refractivity contribution in [2.24, 2.45) is 0 Å². The first-order valence-corrected chi connectivity index (χ1v) is 7.78. The van der Waals surface area contributed by atoms with Crippen LogP contribution in [0.25, 0.3) is 0 Å². The van der Waals surface area contributed by atoms with Crippen molar-refractivity contribution < 1.29 is 9.53 Å². The highest BCUT2D eigenvalue weighted by atomic mass is 16.5. The lowest BCUT2D eigenvalue weighted by Gasteiger charge is -2.11. The molecule has 0 aliphatic heterocycles. The lowest BCUT2D eigenvalue weighted by atomic mass is 10.1. The molecular weight excluding hydrogens is 288 g/mol. The molecule has 0 aliphatic carbocycles. The summed E-state index contributed by atoms with van der Waals surface area (Å²) < 4.78 is 5.63. The minimum absolute atomic E-state index is 0.225. The number of amides is 2. The van der Waals surface area contributed by atoms with Gasteiger partial charge in [-0.3, -0.25) is 0 Å². The predicted octanol–water partition coefficient (Wildman–Crippen LogP) is 4.12. The molecule has 23 heavy (non-hydrogen) atoms. The van der Waals surface area contributed by atoms with Crippen LogP contribution in [-0.4, -0.2) is 19.2 Å². The van der Waals surface area contributed by atoms with Gasteiger partial charge in [-0.25, -0.2) is 4.79 Å². The van der Waals surface area contributed by atoms with Crippen LogP contribution in [0.1, 0.15) is 22.3 Å². The molecule has 0 spiro atoms.